The number of benzene rings is 1. The number of nitrogens with one attached hydrogen (secondary N) is 1. The molecule has 3 rings (SSSR count). The van der Waals surface area contributed by atoms with E-state index in [1.165, 1.54) is 0 Å². The zero-order chi connectivity index (χ0) is 15.7. The van der Waals surface area contributed by atoms with Crippen molar-refractivity contribution in [1.29, 1.82) is 0 Å². The van der Waals surface area contributed by atoms with E-state index in [9.17, 15) is 9.59 Å². The maximum absolute atomic E-state index is 12.9. The van der Waals surface area contributed by atoms with Crippen molar-refractivity contribution in [1.82, 2.24) is 10.2 Å². The third-order valence-electron chi connectivity index (χ3n) is 5.02. The van der Waals surface area contributed by atoms with Gasteiger partial charge in [0.1, 0.15) is 11.6 Å². The lowest BCUT2D eigenvalue weighted by Gasteiger charge is -2.46. The summed E-state index contributed by atoms with van der Waals surface area (Å²) >= 11 is 0. The number of rotatable bonds is 5. The van der Waals surface area contributed by atoms with Crippen LogP contribution in [0.4, 0.5) is 0 Å². The minimum absolute atomic E-state index is 0.0176. The third kappa shape index (κ3) is 2.51. The molecule has 22 heavy (non-hydrogen) atoms. The molecule has 1 aliphatic heterocycles. The number of carbonyl (C=O) groups is 2. The summed E-state index contributed by atoms with van der Waals surface area (Å²) in [6, 6.07) is 9.58. The highest BCUT2D eigenvalue weighted by atomic mass is 16.2. The Hall–Kier alpha value is -1.84. The molecule has 2 aliphatic rings. The molecule has 0 bridgehead atoms. The molecular weight excluding hydrogens is 276 g/mol. The fourth-order valence-electron chi connectivity index (χ4n) is 3.45. The lowest BCUT2D eigenvalue weighted by Crippen LogP contribution is -2.70. The SMILES string of the molecule is CCCC1NC(=O)C(C)(C2CC2)N(Cc2ccccc2)C1=O. The molecule has 0 radical (unpaired) electrons. The molecule has 1 aromatic carbocycles. The van der Waals surface area contributed by atoms with Gasteiger partial charge in [0, 0.05) is 6.54 Å². The molecule has 2 fully saturated rings. The van der Waals surface area contributed by atoms with Crippen LogP contribution >= 0.6 is 0 Å². The summed E-state index contributed by atoms with van der Waals surface area (Å²) in [5.74, 6) is 0.381. The summed E-state index contributed by atoms with van der Waals surface area (Å²) in [7, 11) is 0. The number of hydrogen-bond acceptors (Lipinski definition) is 2. The van der Waals surface area contributed by atoms with Crippen LogP contribution in [0.5, 0.6) is 0 Å². The van der Waals surface area contributed by atoms with Crippen LogP contribution in [0.25, 0.3) is 0 Å². The summed E-state index contributed by atoms with van der Waals surface area (Å²) < 4.78 is 0. The van der Waals surface area contributed by atoms with Gasteiger partial charge in [-0.15, -0.1) is 0 Å². The van der Waals surface area contributed by atoms with E-state index in [-0.39, 0.29) is 17.9 Å². The smallest absolute Gasteiger partial charge is 0.246 e. The average Bonchev–Trinajstić information content (AvgIpc) is 3.35. The van der Waals surface area contributed by atoms with Gasteiger partial charge in [-0.25, -0.2) is 0 Å². The van der Waals surface area contributed by atoms with Gasteiger partial charge in [-0.1, -0.05) is 43.7 Å². The molecule has 2 amide bonds. The van der Waals surface area contributed by atoms with Crippen molar-refractivity contribution < 1.29 is 9.59 Å². The number of amides is 2. The van der Waals surface area contributed by atoms with Gasteiger partial charge in [-0.2, -0.15) is 0 Å². The average molecular weight is 300 g/mol. The van der Waals surface area contributed by atoms with Crippen LogP contribution in [0.15, 0.2) is 30.3 Å². The maximum Gasteiger partial charge on any atom is 0.246 e. The van der Waals surface area contributed by atoms with Gasteiger partial charge in [0.05, 0.1) is 0 Å². The molecule has 4 heteroatoms. The van der Waals surface area contributed by atoms with E-state index in [1.807, 2.05) is 49.1 Å². The second kappa shape index (κ2) is 5.75. The number of carbonyl (C=O) groups excluding carboxylic acids is 2. The molecular formula is C18H24N2O2. The summed E-state index contributed by atoms with van der Waals surface area (Å²) in [5, 5.41) is 2.96. The number of nitrogens with zero attached hydrogens (tertiary/aromatic N) is 1. The Bertz CT molecular complexity index is 568. The van der Waals surface area contributed by atoms with Crippen molar-refractivity contribution >= 4 is 11.8 Å². The predicted molar refractivity (Wildman–Crippen MR) is 85.0 cm³/mol. The van der Waals surface area contributed by atoms with Crippen LogP contribution in [-0.4, -0.2) is 28.3 Å². The first-order valence-electron chi connectivity index (χ1n) is 8.23. The molecule has 118 valence electrons. The predicted octanol–water partition coefficient (Wildman–Crippen LogP) is 2.48. The Labute approximate surface area is 131 Å². The van der Waals surface area contributed by atoms with E-state index in [1.54, 1.807) is 0 Å². The highest BCUT2D eigenvalue weighted by Gasteiger charge is 2.56. The molecule has 1 aliphatic carbocycles. The first-order chi connectivity index (χ1) is 10.6. The molecule has 4 nitrogen and oxygen atoms in total. The van der Waals surface area contributed by atoms with Gasteiger partial charge in [-0.3, -0.25) is 9.59 Å². The Morgan fingerprint density at radius 3 is 2.50 bits per heavy atom. The van der Waals surface area contributed by atoms with Crippen molar-refractivity contribution in [3.8, 4) is 0 Å². The monoisotopic (exact) mass is 300 g/mol. The largest absolute Gasteiger partial charge is 0.342 e. The lowest BCUT2D eigenvalue weighted by molar-refractivity contribution is -0.159. The van der Waals surface area contributed by atoms with Crippen LogP contribution in [0, 0.1) is 5.92 Å². The second-order valence-corrected chi connectivity index (χ2v) is 6.65. The molecule has 1 aromatic rings. The van der Waals surface area contributed by atoms with E-state index in [0.717, 1.165) is 24.8 Å². The summed E-state index contributed by atoms with van der Waals surface area (Å²) in [6.07, 6.45) is 3.65. The van der Waals surface area contributed by atoms with Crippen LogP contribution in [-0.2, 0) is 16.1 Å². The summed E-state index contributed by atoms with van der Waals surface area (Å²) in [5.41, 5.74) is 0.379. The van der Waals surface area contributed by atoms with Gasteiger partial charge in [0.25, 0.3) is 0 Å². The minimum Gasteiger partial charge on any atom is -0.342 e. The minimum atomic E-state index is -0.697. The van der Waals surface area contributed by atoms with Gasteiger partial charge in [-0.05, 0) is 37.7 Å². The van der Waals surface area contributed by atoms with Gasteiger partial charge in [0.15, 0.2) is 0 Å². The standard InChI is InChI=1S/C18H24N2O2/c1-3-7-15-16(21)20(12-13-8-5-4-6-9-13)18(2,14-10-11-14)17(22)19-15/h4-6,8-9,14-15H,3,7,10-12H2,1-2H3,(H,19,22). The molecule has 2 unspecified atom stereocenters. The Balaban J connectivity index is 1.91. The molecule has 0 aromatic heterocycles. The Morgan fingerprint density at radius 1 is 1.23 bits per heavy atom. The van der Waals surface area contributed by atoms with Crippen molar-refractivity contribution in [2.45, 2.75) is 57.7 Å². The fraction of sp³-hybridized carbons (Fsp3) is 0.556. The maximum atomic E-state index is 12.9. The first-order valence-corrected chi connectivity index (χ1v) is 8.23. The molecule has 0 spiro atoms. The van der Waals surface area contributed by atoms with E-state index in [2.05, 4.69) is 5.32 Å². The molecule has 1 saturated carbocycles. The van der Waals surface area contributed by atoms with Crippen molar-refractivity contribution in [2.75, 3.05) is 0 Å². The highest BCUT2D eigenvalue weighted by Crippen LogP contribution is 2.45. The second-order valence-electron chi connectivity index (χ2n) is 6.65. The van der Waals surface area contributed by atoms with Crippen LogP contribution < -0.4 is 5.32 Å². The van der Waals surface area contributed by atoms with Crippen molar-refractivity contribution in [3.05, 3.63) is 35.9 Å². The molecule has 1 saturated heterocycles. The zero-order valence-corrected chi connectivity index (χ0v) is 13.3. The quantitative estimate of drug-likeness (QED) is 0.908. The van der Waals surface area contributed by atoms with E-state index in [4.69, 9.17) is 0 Å². The Kier molecular flexibility index (Phi) is 3.94. The molecule has 1 heterocycles. The topological polar surface area (TPSA) is 49.4 Å². The molecule has 2 atom stereocenters. The van der Waals surface area contributed by atoms with Crippen molar-refractivity contribution in [3.63, 3.8) is 0 Å². The number of hydrogen-bond donors (Lipinski definition) is 1. The van der Waals surface area contributed by atoms with Crippen LogP contribution in [0.3, 0.4) is 0 Å². The van der Waals surface area contributed by atoms with Crippen LogP contribution in [0.2, 0.25) is 0 Å². The Morgan fingerprint density at radius 2 is 1.91 bits per heavy atom. The third-order valence-corrected chi connectivity index (χ3v) is 5.02. The van der Waals surface area contributed by atoms with Crippen LogP contribution in [0.1, 0.15) is 45.1 Å². The van der Waals surface area contributed by atoms with E-state index < -0.39 is 5.54 Å². The van der Waals surface area contributed by atoms with E-state index >= 15 is 0 Å². The van der Waals surface area contributed by atoms with Gasteiger partial charge >= 0.3 is 0 Å². The summed E-state index contributed by atoms with van der Waals surface area (Å²) in [6.45, 7) is 4.49. The highest BCUT2D eigenvalue weighted by molar-refractivity contribution is 6.00. The first kappa shape index (κ1) is 15.1. The zero-order valence-electron chi connectivity index (χ0n) is 13.3. The molecule has 1 N–H and O–H groups in total. The lowest BCUT2D eigenvalue weighted by atomic mass is 9.87. The van der Waals surface area contributed by atoms with Gasteiger partial charge in [0.2, 0.25) is 11.8 Å². The van der Waals surface area contributed by atoms with Gasteiger partial charge < -0.3 is 10.2 Å². The normalized spacial score (nSPS) is 28.6. The fourth-order valence-corrected chi connectivity index (χ4v) is 3.45. The number of piperazine rings is 1. The van der Waals surface area contributed by atoms with E-state index in [0.29, 0.717) is 18.9 Å². The van der Waals surface area contributed by atoms with Crippen molar-refractivity contribution in [2.24, 2.45) is 5.92 Å². The summed E-state index contributed by atoms with van der Waals surface area (Å²) in [4.78, 5) is 27.5.